The number of carbonyl (C=O) groups is 1. The van der Waals surface area contributed by atoms with E-state index in [9.17, 15) is 13.2 Å². The van der Waals surface area contributed by atoms with Gasteiger partial charge in [0.05, 0.1) is 10.8 Å². The molecule has 1 N–H and O–H groups in total. The summed E-state index contributed by atoms with van der Waals surface area (Å²) in [6.07, 6.45) is 6.22. The SMILES string of the molecule is CC1CCCCN1CCCNC(=O)C1CCCN(S(=O)(=O)c2ccc(Br)cc2)C1. The lowest BCUT2D eigenvalue weighted by molar-refractivity contribution is -0.126. The van der Waals surface area contributed by atoms with Gasteiger partial charge in [-0.1, -0.05) is 22.4 Å². The highest BCUT2D eigenvalue weighted by atomic mass is 79.9. The predicted octanol–water partition coefficient (Wildman–Crippen LogP) is 3.23. The van der Waals surface area contributed by atoms with Gasteiger partial charge in [0.1, 0.15) is 0 Å². The Labute approximate surface area is 183 Å². The van der Waals surface area contributed by atoms with Crippen molar-refractivity contribution in [2.24, 2.45) is 5.92 Å². The van der Waals surface area contributed by atoms with Crippen molar-refractivity contribution < 1.29 is 13.2 Å². The largest absolute Gasteiger partial charge is 0.356 e. The van der Waals surface area contributed by atoms with E-state index in [0.717, 1.165) is 30.4 Å². The maximum atomic E-state index is 12.9. The molecule has 29 heavy (non-hydrogen) atoms. The van der Waals surface area contributed by atoms with Gasteiger partial charge in [0.15, 0.2) is 0 Å². The molecule has 2 atom stereocenters. The second kappa shape index (κ2) is 10.4. The highest BCUT2D eigenvalue weighted by Crippen LogP contribution is 2.25. The van der Waals surface area contributed by atoms with E-state index in [0.29, 0.717) is 25.6 Å². The fraction of sp³-hybridized carbons (Fsp3) is 0.667. The van der Waals surface area contributed by atoms with Gasteiger partial charge in [-0.15, -0.1) is 0 Å². The Hall–Kier alpha value is -0.960. The van der Waals surface area contributed by atoms with Gasteiger partial charge in [-0.3, -0.25) is 4.79 Å². The van der Waals surface area contributed by atoms with Crippen LogP contribution in [0.15, 0.2) is 33.6 Å². The van der Waals surface area contributed by atoms with Crippen molar-refractivity contribution >= 4 is 31.9 Å². The third-order valence-electron chi connectivity index (χ3n) is 6.07. The molecule has 2 aliphatic rings. The molecule has 0 radical (unpaired) electrons. The molecule has 0 spiro atoms. The van der Waals surface area contributed by atoms with Crippen molar-refractivity contribution in [1.82, 2.24) is 14.5 Å². The molecule has 8 heteroatoms. The zero-order valence-corrected chi connectivity index (χ0v) is 19.6. The fourth-order valence-corrected chi connectivity index (χ4v) is 6.05. The van der Waals surface area contributed by atoms with Crippen molar-refractivity contribution in [2.75, 3.05) is 32.7 Å². The number of carbonyl (C=O) groups excluding carboxylic acids is 1. The molecule has 2 heterocycles. The lowest BCUT2D eigenvalue weighted by Crippen LogP contribution is -2.46. The first-order valence-corrected chi connectivity index (χ1v) is 12.9. The van der Waals surface area contributed by atoms with Crippen LogP contribution in [-0.4, -0.2) is 62.3 Å². The summed E-state index contributed by atoms with van der Waals surface area (Å²) in [7, 11) is -3.57. The van der Waals surface area contributed by atoms with Gasteiger partial charge in [-0.05, 0) is 69.8 Å². The van der Waals surface area contributed by atoms with Crippen LogP contribution in [0.2, 0.25) is 0 Å². The zero-order chi connectivity index (χ0) is 20.9. The van der Waals surface area contributed by atoms with Crippen LogP contribution in [0.25, 0.3) is 0 Å². The molecule has 162 valence electrons. The summed E-state index contributed by atoms with van der Waals surface area (Å²) >= 11 is 3.33. The van der Waals surface area contributed by atoms with Gasteiger partial charge < -0.3 is 10.2 Å². The molecule has 0 saturated carbocycles. The zero-order valence-electron chi connectivity index (χ0n) is 17.1. The van der Waals surface area contributed by atoms with Crippen molar-refractivity contribution in [2.45, 2.75) is 56.4 Å². The van der Waals surface area contributed by atoms with Crippen LogP contribution in [0.3, 0.4) is 0 Å². The molecule has 6 nitrogen and oxygen atoms in total. The molecule has 1 aromatic carbocycles. The quantitative estimate of drug-likeness (QED) is 0.601. The van der Waals surface area contributed by atoms with E-state index in [1.165, 1.54) is 23.6 Å². The number of rotatable bonds is 7. The van der Waals surface area contributed by atoms with Crippen molar-refractivity contribution in [3.05, 3.63) is 28.7 Å². The summed E-state index contributed by atoms with van der Waals surface area (Å²) < 4.78 is 28.1. The minimum atomic E-state index is -3.57. The summed E-state index contributed by atoms with van der Waals surface area (Å²) in [6.45, 7) is 5.82. The number of sulfonamides is 1. The number of hydrogen-bond donors (Lipinski definition) is 1. The van der Waals surface area contributed by atoms with Crippen LogP contribution in [0.1, 0.15) is 45.4 Å². The Bertz CT molecular complexity index is 785. The predicted molar refractivity (Wildman–Crippen MR) is 118 cm³/mol. The van der Waals surface area contributed by atoms with Gasteiger partial charge in [0.2, 0.25) is 15.9 Å². The number of halogens is 1. The van der Waals surface area contributed by atoms with E-state index in [-0.39, 0.29) is 23.3 Å². The van der Waals surface area contributed by atoms with Crippen LogP contribution in [-0.2, 0) is 14.8 Å². The van der Waals surface area contributed by atoms with Crippen molar-refractivity contribution in [3.8, 4) is 0 Å². The first kappa shape index (κ1) is 22.7. The Morgan fingerprint density at radius 3 is 2.62 bits per heavy atom. The first-order valence-electron chi connectivity index (χ1n) is 10.7. The van der Waals surface area contributed by atoms with Crippen molar-refractivity contribution in [1.29, 1.82) is 0 Å². The molecule has 1 amide bonds. The van der Waals surface area contributed by atoms with E-state index < -0.39 is 10.0 Å². The number of nitrogens with zero attached hydrogens (tertiary/aromatic N) is 2. The first-order chi connectivity index (χ1) is 13.9. The second-order valence-electron chi connectivity index (χ2n) is 8.18. The Morgan fingerprint density at radius 1 is 1.14 bits per heavy atom. The van der Waals surface area contributed by atoms with E-state index in [1.54, 1.807) is 24.3 Å². The van der Waals surface area contributed by atoms with Gasteiger partial charge in [-0.2, -0.15) is 4.31 Å². The highest BCUT2D eigenvalue weighted by molar-refractivity contribution is 9.10. The summed E-state index contributed by atoms with van der Waals surface area (Å²) in [5, 5.41) is 3.03. The molecule has 2 saturated heterocycles. The normalized spacial score (nSPS) is 24.3. The average molecular weight is 486 g/mol. The topological polar surface area (TPSA) is 69.7 Å². The minimum Gasteiger partial charge on any atom is -0.356 e. The average Bonchev–Trinajstić information content (AvgIpc) is 2.72. The number of benzene rings is 1. The lowest BCUT2D eigenvalue weighted by atomic mass is 9.99. The van der Waals surface area contributed by atoms with Crippen LogP contribution in [0, 0.1) is 5.92 Å². The number of nitrogens with one attached hydrogen (secondary N) is 1. The maximum absolute atomic E-state index is 12.9. The molecular weight excluding hydrogens is 454 g/mol. The lowest BCUT2D eigenvalue weighted by Gasteiger charge is -2.33. The van der Waals surface area contributed by atoms with Gasteiger partial charge >= 0.3 is 0 Å². The molecule has 0 aliphatic carbocycles. The number of piperidine rings is 2. The Balaban J connectivity index is 1.48. The second-order valence-corrected chi connectivity index (χ2v) is 11.0. The number of likely N-dealkylation sites (tertiary alicyclic amines) is 1. The monoisotopic (exact) mass is 485 g/mol. The van der Waals surface area contributed by atoms with E-state index >= 15 is 0 Å². The number of amides is 1. The molecule has 2 aliphatic heterocycles. The standard InChI is InChI=1S/C21H32BrN3O3S/c1-17-6-2-3-13-24(17)14-5-12-23-21(26)18-7-4-15-25(16-18)29(27,28)20-10-8-19(22)9-11-20/h8-11,17-18H,2-7,12-16H2,1H3,(H,23,26). The third-order valence-corrected chi connectivity index (χ3v) is 8.48. The van der Waals surface area contributed by atoms with Crippen molar-refractivity contribution in [3.63, 3.8) is 0 Å². The van der Waals surface area contributed by atoms with Crippen LogP contribution in [0.4, 0.5) is 0 Å². The summed E-state index contributed by atoms with van der Waals surface area (Å²) in [5.74, 6) is -0.296. The molecule has 1 aromatic rings. The summed E-state index contributed by atoms with van der Waals surface area (Å²) in [6, 6.07) is 7.29. The molecule has 0 aromatic heterocycles. The Kier molecular flexibility index (Phi) is 8.13. The van der Waals surface area contributed by atoms with Crippen LogP contribution < -0.4 is 5.32 Å². The minimum absolute atomic E-state index is 0.0209. The smallest absolute Gasteiger partial charge is 0.243 e. The van der Waals surface area contributed by atoms with Crippen LogP contribution >= 0.6 is 15.9 Å². The molecule has 3 rings (SSSR count). The molecule has 0 bridgehead atoms. The summed E-state index contributed by atoms with van der Waals surface area (Å²) in [4.78, 5) is 15.4. The van der Waals surface area contributed by atoms with Crippen LogP contribution in [0.5, 0.6) is 0 Å². The van der Waals surface area contributed by atoms with Gasteiger partial charge in [-0.25, -0.2) is 8.42 Å². The van der Waals surface area contributed by atoms with E-state index in [1.807, 2.05) is 0 Å². The van der Waals surface area contributed by atoms with E-state index in [2.05, 4.69) is 33.1 Å². The summed E-state index contributed by atoms with van der Waals surface area (Å²) in [5.41, 5.74) is 0. The molecule has 2 unspecified atom stereocenters. The molecule has 2 fully saturated rings. The third kappa shape index (κ3) is 6.03. The van der Waals surface area contributed by atoms with Gasteiger partial charge in [0, 0.05) is 36.7 Å². The number of hydrogen-bond acceptors (Lipinski definition) is 4. The van der Waals surface area contributed by atoms with E-state index in [4.69, 9.17) is 0 Å². The Morgan fingerprint density at radius 2 is 1.90 bits per heavy atom. The fourth-order valence-electron chi connectivity index (χ4n) is 4.26. The molecular formula is C21H32BrN3O3S. The van der Waals surface area contributed by atoms with Gasteiger partial charge in [0.25, 0.3) is 0 Å². The highest BCUT2D eigenvalue weighted by Gasteiger charge is 2.33. The maximum Gasteiger partial charge on any atom is 0.243 e.